The molecule has 0 aliphatic heterocycles. The van der Waals surface area contributed by atoms with E-state index in [1.54, 1.807) is 11.3 Å². The zero-order valence-corrected chi connectivity index (χ0v) is 14.3. The molecule has 0 saturated heterocycles. The average molecular weight is 348 g/mol. The number of nitrogens with one attached hydrogen (secondary N) is 1. The van der Waals surface area contributed by atoms with Gasteiger partial charge in [0, 0.05) is 5.69 Å². The summed E-state index contributed by atoms with van der Waals surface area (Å²) in [5.41, 5.74) is 15.6. The summed E-state index contributed by atoms with van der Waals surface area (Å²) >= 11 is 1.55. The largest absolute Gasteiger partial charge is 0.383 e. The molecular weight excluding hydrogens is 332 g/mol. The van der Waals surface area contributed by atoms with Crippen LogP contribution in [-0.4, -0.2) is 15.0 Å². The third kappa shape index (κ3) is 2.97. The predicted molar refractivity (Wildman–Crippen MR) is 104 cm³/mol. The van der Waals surface area contributed by atoms with E-state index in [1.807, 2.05) is 55.5 Å². The van der Waals surface area contributed by atoms with Crippen LogP contribution < -0.4 is 16.8 Å². The Kier molecular flexibility index (Phi) is 3.70. The third-order valence-electron chi connectivity index (χ3n) is 3.78. The molecule has 0 unspecified atom stereocenters. The van der Waals surface area contributed by atoms with Gasteiger partial charge in [-0.05, 0) is 31.2 Å². The number of nitrogens with two attached hydrogens (primary N) is 2. The van der Waals surface area contributed by atoms with Gasteiger partial charge in [-0.15, -0.1) is 11.3 Å². The fourth-order valence-corrected chi connectivity index (χ4v) is 3.57. The molecule has 0 amide bonds. The Hall–Kier alpha value is -3.19. The molecule has 6 nitrogen and oxygen atoms in total. The van der Waals surface area contributed by atoms with E-state index in [9.17, 15) is 0 Å². The van der Waals surface area contributed by atoms with Gasteiger partial charge in [0.1, 0.15) is 16.6 Å². The molecule has 2 aromatic carbocycles. The molecule has 0 aliphatic carbocycles. The normalized spacial score (nSPS) is 10.9. The molecule has 4 rings (SSSR count). The van der Waals surface area contributed by atoms with Crippen molar-refractivity contribution in [2.45, 2.75) is 6.92 Å². The molecule has 0 bridgehead atoms. The first-order valence-corrected chi connectivity index (χ1v) is 8.54. The average Bonchev–Trinajstić information content (AvgIpc) is 2.99. The standard InChI is InChI=1S/C18H16N6S/c1-10-6-8-11(9-7-10)21-16-14(15(19)23-18(20)24-16)17-22-12-4-2-3-5-13(12)25-17/h2-9H,1H3,(H5,19,20,21,23,24). The van der Waals surface area contributed by atoms with E-state index in [4.69, 9.17) is 11.5 Å². The van der Waals surface area contributed by atoms with Crippen LogP contribution in [0.25, 0.3) is 20.8 Å². The van der Waals surface area contributed by atoms with Gasteiger partial charge >= 0.3 is 0 Å². The maximum absolute atomic E-state index is 6.15. The number of aromatic nitrogens is 3. The lowest BCUT2D eigenvalue weighted by Crippen LogP contribution is -2.06. The Labute approximate surface area is 148 Å². The zero-order valence-electron chi connectivity index (χ0n) is 13.5. The van der Waals surface area contributed by atoms with Crippen LogP contribution in [0.15, 0.2) is 48.5 Å². The number of benzene rings is 2. The highest BCUT2D eigenvalue weighted by molar-refractivity contribution is 7.21. The topological polar surface area (TPSA) is 103 Å². The van der Waals surface area contributed by atoms with Crippen LogP contribution in [0.2, 0.25) is 0 Å². The summed E-state index contributed by atoms with van der Waals surface area (Å²) in [7, 11) is 0. The molecule has 4 aromatic rings. The number of fused-ring (bicyclic) bond motifs is 1. The quantitative estimate of drug-likeness (QED) is 0.518. The number of hydrogen-bond donors (Lipinski definition) is 3. The molecule has 2 aromatic heterocycles. The van der Waals surface area contributed by atoms with E-state index in [0.717, 1.165) is 20.9 Å². The number of hydrogen-bond acceptors (Lipinski definition) is 7. The van der Waals surface area contributed by atoms with Gasteiger partial charge in [0.25, 0.3) is 0 Å². The van der Waals surface area contributed by atoms with E-state index >= 15 is 0 Å². The first-order chi connectivity index (χ1) is 12.1. The van der Waals surface area contributed by atoms with Crippen molar-refractivity contribution in [3.63, 3.8) is 0 Å². The molecule has 0 fully saturated rings. The molecule has 0 atom stereocenters. The van der Waals surface area contributed by atoms with Crippen molar-refractivity contribution >= 4 is 44.8 Å². The van der Waals surface area contributed by atoms with Gasteiger partial charge in [0.15, 0.2) is 0 Å². The molecule has 2 heterocycles. The summed E-state index contributed by atoms with van der Waals surface area (Å²) in [5.74, 6) is 0.978. The highest BCUT2D eigenvalue weighted by Crippen LogP contribution is 2.38. The fourth-order valence-electron chi connectivity index (χ4n) is 2.55. The van der Waals surface area contributed by atoms with Crippen LogP contribution in [-0.2, 0) is 0 Å². The van der Waals surface area contributed by atoms with Gasteiger partial charge in [0.05, 0.1) is 15.8 Å². The highest BCUT2D eigenvalue weighted by Gasteiger charge is 2.18. The maximum atomic E-state index is 6.15. The van der Waals surface area contributed by atoms with Gasteiger partial charge < -0.3 is 16.8 Å². The first-order valence-electron chi connectivity index (χ1n) is 7.73. The van der Waals surface area contributed by atoms with E-state index in [-0.39, 0.29) is 5.95 Å². The second kappa shape index (κ2) is 6.03. The highest BCUT2D eigenvalue weighted by atomic mass is 32.1. The fraction of sp³-hybridized carbons (Fsp3) is 0.0556. The summed E-state index contributed by atoms with van der Waals surface area (Å²) in [6.07, 6.45) is 0. The van der Waals surface area contributed by atoms with Crippen molar-refractivity contribution in [2.75, 3.05) is 16.8 Å². The summed E-state index contributed by atoms with van der Waals surface area (Å²) in [4.78, 5) is 13.1. The molecule has 0 aliphatic rings. The maximum Gasteiger partial charge on any atom is 0.223 e. The van der Waals surface area contributed by atoms with Gasteiger partial charge in [0.2, 0.25) is 5.95 Å². The molecular formula is C18H16N6S. The third-order valence-corrected chi connectivity index (χ3v) is 4.83. The smallest absolute Gasteiger partial charge is 0.223 e. The number of para-hydroxylation sites is 1. The lowest BCUT2D eigenvalue weighted by molar-refractivity contribution is 1.19. The van der Waals surface area contributed by atoms with Crippen LogP contribution in [0.5, 0.6) is 0 Å². The number of rotatable bonds is 3. The molecule has 0 radical (unpaired) electrons. The van der Waals surface area contributed by atoms with Crippen molar-refractivity contribution in [2.24, 2.45) is 0 Å². The Balaban J connectivity index is 1.84. The zero-order chi connectivity index (χ0) is 17.4. The lowest BCUT2D eigenvalue weighted by atomic mass is 10.2. The summed E-state index contributed by atoms with van der Waals surface area (Å²) in [6.45, 7) is 2.04. The van der Waals surface area contributed by atoms with Crippen molar-refractivity contribution in [3.8, 4) is 10.6 Å². The van der Waals surface area contributed by atoms with Crippen molar-refractivity contribution in [3.05, 3.63) is 54.1 Å². The Morgan fingerprint density at radius 1 is 0.920 bits per heavy atom. The van der Waals surface area contributed by atoms with Gasteiger partial charge in [-0.3, -0.25) is 0 Å². The second-order valence-corrected chi connectivity index (χ2v) is 6.70. The molecule has 5 N–H and O–H groups in total. The van der Waals surface area contributed by atoms with Crippen LogP contribution in [0.1, 0.15) is 5.56 Å². The number of anilines is 4. The van der Waals surface area contributed by atoms with Crippen LogP contribution in [0.3, 0.4) is 0 Å². The SMILES string of the molecule is Cc1ccc(Nc2nc(N)nc(N)c2-c2nc3ccccc3s2)cc1. The molecule has 0 spiro atoms. The van der Waals surface area contributed by atoms with Crippen molar-refractivity contribution < 1.29 is 0 Å². The van der Waals surface area contributed by atoms with E-state index in [2.05, 4.69) is 20.3 Å². The minimum atomic E-state index is 0.122. The molecule has 124 valence electrons. The molecule has 7 heteroatoms. The summed E-state index contributed by atoms with van der Waals surface area (Å²) in [5, 5.41) is 4.04. The van der Waals surface area contributed by atoms with E-state index in [0.29, 0.717) is 17.2 Å². The Bertz CT molecular complexity index is 1020. The Morgan fingerprint density at radius 3 is 2.44 bits per heavy atom. The van der Waals surface area contributed by atoms with E-state index in [1.165, 1.54) is 5.56 Å². The first kappa shape index (κ1) is 15.3. The monoisotopic (exact) mass is 348 g/mol. The number of thiazole rings is 1. The van der Waals surface area contributed by atoms with Crippen LogP contribution in [0, 0.1) is 6.92 Å². The predicted octanol–water partition coefficient (Wildman–Crippen LogP) is 3.97. The van der Waals surface area contributed by atoms with Gasteiger partial charge in [-0.1, -0.05) is 29.8 Å². The van der Waals surface area contributed by atoms with Crippen LogP contribution >= 0.6 is 11.3 Å². The van der Waals surface area contributed by atoms with Gasteiger partial charge in [-0.2, -0.15) is 9.97 Å². The Morgan fingerprint density at radius 2 is 1.68 bits per heavy atom. The number of nitrogen functional groups attached to an aromatic ring is 2. The van der Waals surface area contributed by atoms with Crippen molar-refractivity contribution in [1.82, 2.24) is 15.0 Å². The lowest BCUT2D eigenvalue weighted by Gasteiger charge is -2.12. The summed E-state index contributed by atoms with van der Waals surface area (Å²) < 4.78 is 1.08. The van der Waals surface area contributed by atoms with Crippen molar-refractivity contribution in [1.29, 1.82) is 0 Å². The second-order valence-electron chi connectivity index (χ2n) is 5.67. The number of aryl methyl sites for hydroxylation is 1. The number of nitrogens with zero attached hydrogens (tertiary/aromatic N) is 3. The molecule has 0 saturated carbocycles. The molecule has 25 heavy (non-hydrogen) atoms. The van der Waals surface area contributed by atoms with Gasteiger partial charge in [-0.25, -0.2) is 4.98 Å². The van der Waals surface area contributed by atoms with E-state index < -0.39 is 0 Å². The summed E-state index contributed by atoms with van der Waals surface area (Å²) in [6, 6.07) is 15.9. The van der Waals surface area contributed by atoms with Crippen LogP contribution in [0.4, 0.5) is 23.3 Å². The minimum Gasteiger partial charge on any atom is -0.383 e. The minimum absolute atomic E-state index is 0.122.